The molecule has 1 saturated heterocycles. The number of carboxylic acid groups (broad SMARTS) is 1. The van der Waals surface area contributed by atoms with Crippen molar-refractivity contribution in [1.29, 1.82) is 0 Å². The second-order valence-corrected chi connectivity index (χ2v) is 5.45. The molecule has 1 fully saturated rings. The van der Waals surface area contributed by atoms with Crippen LogP contribution >= 0.6 is 15.9 Å². The first-order valence-electron chi connectivity index (χ1n) is 6.20. The van der Waals surface area contributed by atoms with Gasteiger partial charge in [-0.25, -0.2) is 5.43 Å². The molecule has 0 amide bonds. The Labute approximate surface area is 120 Å². The van der Waals surface area contributed by atoms with Crippen molar-refractivity contribution in [2.45, 2.75) is 25.9 Å². The molecule has 1 aliphatic rings. The highest BCUT2D eigenvalue weighted by atomic mass is 79.9. The van der Waals surface area contributed by atoms with E-state index >= 15 is 0 Å². The van der Waals surface area contributed by atoms with Gasteiger partial charge in [-0.2, -0.15) is 0 Å². The van der Waals surface area contributed by atoms with E-state index in [-0.39, 0.29) is 12.1 Å². The molecule has 0 spiro atoms. The summed E-state index contributed by atoms with van der Waals surface area (Å²) in [5, 5.41) is 9.37. The molecule has 104 valence electrons. The summed E-state index contributed by atoms with van der Waals surface area (Å²) in [4.78, 5) is 11.4. The third kappa shape index (κ3) is 2.91. The molecule has 2 rings (SSSR count). The van der Waals surface area contributed by atoms with Crippen LogP contribution in [0.15, 0.2) is 22.7 Å². The zero-order chi connectivity index (χ0) is 14.0. The van der Waals surface area contributed by atoms with E-state index in [0.717, 1.165) is 10.0 Å². The van der Waals surface area contributed by atoms with Gasteiger partial charge in [-0.3, -0.25) is 10.2 Å². The highest BCUT2D eigenvalue weighted by Crippen LogP contribution is 2.36. The fourth-order valence-electron chi connectivity index (χ4n) is 2.37. The highest BCUT2D eigenvalue weighted by molar-refractivity contribution is 9.10. The third-order valence-electron chi connectivity index (χ3n) is 3.26. The second-order valence-electron chi connectivity index (χ2n) is 4.53. The second kappa shape index (κ2) is 5.90. The van der Waals surface area contributed by atoms with E-state index in [2.05, 4.69) is 26.8 Å². The monoisotopic (exact) mass is 328 g/mol. The van der Waals surface area contributed by atoms with Gasteiger partial charge in [0.25, 0.3) is 0 Å². The molecule has 3 N–H and O–H groups in total. The van der Waals surface area contributed by atoms with Crippen LogP contribution in [-0.4, -0.2) is 23.7 Å². The van der Waals surface area contributed by atoms with Gasteiger partial charge < -0.3 is 9.84 Å². The third-order valence-corrected chi connectivity index (χ3v) is 3.75. The smallest absolute Gasteiger partial charge is 0.310 e. The number of hydrogen-bond donors (Lipinski definition) is 3. The number of hydrazine groups is 1. The molecule has 1 aliphatic heterocycles. The van der Waals surface area contributed by atoms with Crippen molar-refractivity contribution >= 4 is 21.9 Å². The van der Waals surface area contributed by atoms with Gasteiger partial charge in [0.05, 0.1) is 18.6 Å². The zero-order valence-electron chi connectivity index (χ0n) is 10.8. The zero-order valence-corrected chi connectivity index (χ0v) is 12.4. The van der Waals surface area contributed by atoms with Crippen LogP contribution in [0.1, 0.15) is 25.5 Å². The lowest BCUT2D eigenvalue weighted by atomic mass is 9.90. The maximum Gasteiger partial charge on any atom is 0.310 e. The SMILES string of the molecule is CCOc1ccc(Br)cc1C1NNC(C)C1C(=O)O. The number of nitrogens with one attached hydrogen (secondary N) is 2. The molecule has 0 bridgehead atoms. The van der Waals surface area contributed by atoms with Crippen LogP contribution in [0, 0.1) is 5.92 Å². The van der Waals surface area contributed by atoms with Gasteiger partial charge in [0.2, 0.25) is 0 Å². The molecule has 0 radical (unpaired) electrons. The Morgan fingerprint density at radius 2 is 2.21 bits per heavy atom. The summed E-state index contributed by atoms with van der Waals surface area (Å²) in [5.41, 5.74) is 6.88. The Morgan fingerprint density at radius 3 is 2.84 bits per heavy atom. The Balaban J connectivity index is 2.39. The van der Waals surface area contributed by atoms with Gasteiger partial charge in [-0.1, -0.05) is 15.9 Å². The molecule has 0 aromatic heterocycles. The molecule has 6 heteroatoms. The van der Waals surface area contributed by atoms with Crippen LogP contribution in [-0.2, 0) is 4.79 Å². The van der Waals surface area contributed by atoms with Crippen LogP contribution in [0.3, 0.4) is 0 Å². The van der Waals surface area contributed by atoms with Crippen molar-refractivity contribution in [2.75, 3.05) is 6.61 Å². The first-order chi connectivity index (χ1) is 9.04. The standard InChI is InChI=1S/C13H17BrN2O3/c1-3-19-10-5-4-8(14)6-9(10)12-11(13(17)18)7(2)15-16-12/h4-7,11-12,15-16H,3H2,1-2H3,(H,17,18). The van der Waals surface area contributed by atoms with Crippen molar-refractivity contribution in [3.05, 3.63) is 28.2 Å². The molecule has 3 atom stereocenters. The van der Waals surface area contributed by atoms with Crippen LogP contribution in [0.5, 0.6) is 5.75 Å². The largest absolute Gasteiger partial charge is 0.494 e. The van der Waals surface area contributed by atoms with E-state index in [1.807, 2.05) is 32.0 Å². The van der Waals surface area contributed by atoms with Crippen molar-refractivity contribution < 1.29 is 14.6 Å². The highest BCUT2D eigenvalue weighted by Gasteiger charge is 2.40. The van der Waals surface area contributed by atoms with E-state index < -0.39 is 11.9 Å². The molecular formula is C13H17BrN2O3. The Bertz CT molecular complexity index is 481. The number of ether oxygens (including phenoxy) is 1. The predicted octanol–water partition coefficient (Wildman–Crippen LogP) is 2.09. The van der Waals surface area contributed by atoms with Gasteiger partial charge in [0, 0.05) is 16.1 Å². The Morgan fingerprint density at radius 1 is 1.47 bits per heavy atom. The molecular weight excluding hydrogens is 312 g/mol. The molecule has 5 nitrogen and oxygen atoms in total. The number of halogens is 1. The average molecular weight is 329 g/mol. The number of rotatable bonds is 4. The summed E-state index contributed by atoms with van der Waals surface area (Å²) >= 11 is 3.42. The van der Waals surface area contributed by atoms with E-state index in [0.29, 0.717) is 12.4 Å². The number of hydrogen-bond acceptors (Lipinski definition) is 4. The van der Waals surface area contributed by atoms with E-state index in [1.165, 1.54) is 0 Å². The first kappa shape index (κ1) is 14.3. The lowest BCUT2D eigenvalue weighted by molar-refractivity contribution is -0.142. The minimum atomic E-state index is -0.822. The van der Waals surface area contributed by atoms with Gasteiger partial charge >= 0.3 is 5.97 Å². The maximum atomic E-state index is 11.4. The minimum Gasteiger partial charge on any atom is -0.494 e. The van der Waals surface area contributed by atoms with E-state index in [4.69, 9.17) is 4.74 Å². The number of carbonyl (C=O) groups is 1. The Hall–Kier alpha value is -1.11. The first-order valence-corrected chi connectivity index (χ1v) is 7.00. The van der Waals surface area contributed by atoms with Crippen molar-refractivity contribution in [2.24, 2.45) is 5.92 Å². The molecule has 1 aromatic carbocycles. The summed E-state index contributed by atoms with van der Waals surface area (Å²) in [6, 6.07) is 5.18. The molecule has 1 heterocycles. The van der Waals surface area contributed by atoms with E-state index in [1.54, 1.807) is 0 Å². The molecule has 19 heavy (non-hydrogen) atoms. The van der Waals surface area contributed by atoms with Crippen LogP contribution in [0.25, 0.3) is 0 Å². The number of benzene rings is 1. The summed E-state index contributed by atoms with van der Waals surface area (Å²) < 4.78 is 6.49. The summed E-state index contributed by atoms with van der Waals surface area (Å²) in [7, 11) is 0. The normalized spacial score (nSPS) is 26.4. The van der Waals surface area contributed by atoms with Crippen molar-refractivity contribution in [3.8, 4) is 5.75 Å². The van der Waals surface area contributed by atoms with Crippen LogP contribution in [0.4, 0.5) is 0 Å². The fraction of sp³-hybridized carbons (Fsp3) is 0.462. The average Bonchev–Trinajstić information content (AvgIpc) is 2.73. The quantitative estimate of drug-likeness (QED) is 0.789. The maximum absolute atomic E-state index is 11.4. The van der Waals surface area contributed by atoms with Crippen LogP contribution in [0.2, 0.25) is 0 Å². The lowest BCUT2D eigenvalue weighted by Gasteiger charge is -2.20. The predicted molar refractivity (Wildman–Crippen MR) is 74.9 cm³/mol. The lowest BCUT2D eigenvalue weighted by Crippen LogP contribution is -2.30. The Kier molecular flexibility index (Phi) is 4.44. The summed E-state index contributed by atoms with van der Waals surface area (Å²) in [6.45, 7) is 4.30. The van der Waals surface area contributed by atoms with E-state index in [9.17, 15) is 9.90 Å². The number of carboxylic acids is 1. The van der Waals surface area contributed by atoms with Gasteiger partial charge in [-0.05, 0) is 32.0 Å². The fourth-order valence-corrected chi connectivity index (χ4v) is 2.75. The van der Waals surface area contributed by atoms with Gasteiger partial charge in [0.1, 0.15) is 5.75 Å². The van der Waals surface area contributed by atoms with Gasteiger partial charge in [0.15, 0.2) is 0 Å². The molecule has 3 unspecified atom stereocenters. The van der Waals surface area contributed by atoms with Gasteiger partial charge in [-0.15, -0.1) is 0 Å². The minimum absolute atomic E-state index is 0.143. The molecule has 0 aliphatic carbocycles. The summed E-state index contributed by atoms with van der Waals surface area (Å²) in [5.74, 6) is -0.642. The molecule has 1 aromatic rings. The number of aliphatic carboxylic acids is 1. The van der Waals surface area contributed by atoms with Crippen molar-refractivity contribution in [1.82, 2.24) is 10.9 Å². The van der Waals surface area contributed by atoms with Crippen molar-refractivity contribution in [3.63, 3.8) is 0 Å². The summed E-state index contributed by atoms with van der Waals surface area (Å²) in [6.07, 6.45) is 0. The topological polar surface area (TPSA) is 70.6 Å². The molecule has 0 saturated carbocycles. The van der Waals surface area contributed by atoms with Crippen LogP contribution < -0.4 is 15.6 Å².